The summed E-state index contributed by atoms with van der Waals surface area (Å²) in [6, 6.07) is 10.8. The molecule has 0 radical (unpaired) electrons. The number of ether oxygens (including phenoxy) is 1. The van der Waals surface area contributed by atoms with Crippen molar-refractivity contribution in [2.45, 2.75) is 6.10 Å². The molecule has 0 aliphatic rings. The number of rotatable bonds is 7. The summed E-state index contributed by atoms with van der Waals surface area (Å²) in [6.45, 7) is -1.17. The molecule has 142 valence electrons. The van der Waals surface area contributed by atoms with E-state index in [2.05, 4.69) is 15.4 Å². The number of hydrogen-bond donors (Lipinski definition) is 3. The zero-order chi connectivity index (χ0) is 19.8. The lowest BCUT2D eigenvalue weighted by Gasteiger charge is -2.11. The molecule has 3 N–H and O–H groups in total. The Morgan fingerprint density at radius 1 is 1.00 bits per heavy atom. The van der Waals surface area contributed by atoms with E-state index in [0.29, 0.717) is 5.56 Å². The summed E-state index contributed by atoms with van der Waals surface area (Å²) in [6.07, 6.45) is -1.53. The fourth-order valence-corrected chi connectivity index (χ4v) is 2.00. The average molecular weight is 378 g/mol. The van der Waals surface area contributed by atoms with Gasteiger partial charge >= 0.3 is 5.97 Å². The quantitative estimate of drug-likeness (QED) is 0.630. The Morgan fingerprint density at radius 3 is 2.37 bits per heavy atom. The molecule has 0 aliphatic heterocycles. The maximum atomic E-state index is 13.0. The molecule has 0 heterocycles. The lowest BCUT2D eigenvalue weighted by Crippen LogP contribution is -2.36. The van der Waals surface area contributed by atoms with Crippen LogP contribution in [0.15, 0.2) is 48.5 Å². The molecule has 2 aromatic rings. The number of aliphatic hydroxyl groups is 1. The van der Waals surface area contributed by atoms with Crippen LogP contribution >= 0.6 is 0 Å². The molecule has 0 spiro atoms. The van der Waals surface area contributed by atoms with Crippen molar-refractivity contribution < 1.29 is 33.0 Å². The first-order valence-electron chi connectivity index (χ1n) is 7.78. The fraction of sp³-hybridized carbons (Fsp3) is 0.167. The molecule has 0 fully saturated rings. The summed E-state index contributed by atoms with van der Waals surface area (Å²) in [5.74, 6) is -4.65. The van der Waals surface area contributed by atoms with Gasteiger partial charge in [0.05, 0.1) is 6.54 Å². The van der Waals surface area contributed by atoms with Crippen LogP contribution in [-0.4, -0.2) is 36.0 Å². The molecule has 7 nitrogen and oxygen atoms in total. The standard InChI is InChI=1S/C18H16F2N2O5/c19-13-7-6-12(8-14(13)20)22-15(23)9-21-16(24)10-27-18(26)17(25)11-4-2-1-3-5-11/h1-8,17,25H,9-10H2,(H,21,24)(H,22,23)/t17-/m1/s1. The van der Waals surface area contributed by atoms with Gasteiger partial charge in [-0.1, -0.05) is 30.3 Å². The highest BCUT2D eigenvalue weighted by molar-refractivity contribution is 5.94. The molecule has 27 heavy (non-hydrogen) atoms. The molecule has 2 amide bonds. The second-order valence-corrected chi connectivity index (χ2v) is 5.37. The molecule has 2 aromatic carbocycles. The third-order valence-corrected chi connectivity index (χ3v) is 3.33. The van der Waals surface area contributed by atoms with Crippen LogP contribution in [0, 0.1) is 11.6 Å². The Hall–Kier alpha value is -3.33. The van der Waals surface area contributed by atoms with E-state index in [9.17, 15) is 28.3 Å². The Balaban J connectivity index is 1.73. The van der Waals surface area contributed by atoms with Crippen LogP contribution in [0.1, 0.15) is 11.7 Å². The summed E-state index contributed by atoms with van der Waals surface area (Å²) in [5, 5.41) is 14.2. The van der Waals surface area contributed by atoms with Gasteiger partial charge in [0.25, 0.3) is 5.91 Å². The van der Waals surface area contributed by atoms with Gasteiger partial charge in [-0.3, -0.25) is 9.59 Å². The largest absolute Gasteiger partial charge is 0.453 e. The smallest absolute Gasteiger partial charge is 0.340 e. The summed E-state index contributed by atoms with van der Waals surface area (Å²) in [4.78, 5) is 34.9. The third kappa shape index (κ3) is 6.15. The second-order valence-electron chi connectivity index (χ2n) is 5.37. The lowest BCUT2D eigenvalue weighted by molar-refractivity contribution is -0.157. The molecular formula is C18H16F2N2O5. The number of hydrogen-bond acceptors (Lipinski definition) is 5. The minimum atomic E-state index is -1.53. The normalized spacial score (nSPS) is 11.4. The van der Waals surface area contributed by atoms with Crippen LogP contribution in [0.3, 0.4) is 0 Å². The molecular weight excluding hydrogens is 362 g/mol. The van der Waals surface area contributed by atoms with E-state index in [1.54, 1.807) is 18.2 Å². The predicted molar refractivity (Wildman–Crippen MR) is 90.4 cm³/mol. The van der Waals surface area contributed by atoms with E-state index < -0.39 is 48.7 Å². The van der Waals surface area contributed by atoms with Crippen molar-refractivity contribution in [3.05, 3.63) is 65.7 Å². The summed E-state index contributed by atoms with van der Waals surface area (Å²) >= 11 is 0. The van der Waals surface area contributed by atoms with E-state index in [1.165, 1.54) is 12.1 Å². The van der Waals surface area contributed by atoms with Crippen LogP contribution in [0.5, 0.6) is 0 Å². The Morgan fingerprint density at radius 2 is 1.70 bits per heavy atom. The van der Waals surface area contributed by atoms with Gasteiger partial charge in [-0.15, -0.1) is 0 Å². The van der Waals surface area contributed by atoms with Gasteiger partial charge in [-0.25, -0.2) is 13.6 Å². The van der Waals surface area contributed by atoms with E-state index in [-0.39, 0.29) is 5.69 Å². The number of benzene rings is 2. The predicted octanol–water partition coefficient (Wildman–Crippen LogP) is 1.30. The molecule has 2 rings (SSSR count). The van der Waals surface area contributed by atoms with Crippen molar-refractivity contribution in [2.24, 2.45) is 0 Å². The molecule has 9 heteroatoms. The highest BCUT2D eigenvalue weighted by Crippen LogP contribution is 2.14. The van der Waals surface area contributed by atoms with Crippen molar-refractivity contribution in [3.8, 4) is 0 Å². The molecule has 0 aromatic heterocycles. The summed E-state index contributed by atoms with van der Waals surface area (Å²) < 4.78 is 30.5. The van der Waals surface area contributed by atoms with Crippen LogP contribution in [-0.2, 0) is 19.1 Å². The topological polar surface area (TPSA) is 105 Å². The van der Waals surface area contributed by atoms with Crippen LogP contribution in [0.25, 0.3) is 0 Å². The molecule has 1 atom stereocenters. The molecule has 0 bridgehead atoms. The van der Waals surface area contributed by atoms with Gasteiger partial charge in [0.2, 0.25) is 5.91 Å². The minimum Gasteiger partial charge on any atom is -0.453 e. The maximum absolute atomic E-state index is 13.0. The number of carbonyl (C=O) groups is 3. The zero-order valence-electron chi connectivity index (χ0n) is 13.9. The molecule has 0 unspecified atom stereocenters. The van der Waals surface area contributed by atoms with Gasteiger partial charge in [0, 0.05) is 11.8 Å². The highest BCUT2D eigenvalue weighted by Gasteiger charge is 2.19. The monoisotopic (exact) mass is 378 g/mol. The van der Waals surface area contributed by atoms with E-state index >= 15 is 0 Å². The second kappa shape index (κ2) is 9.39. The molecule has 0 saturated heterocycles. The minimum absolute atomic E-state index is 0.0190. The number of carbonyl (C=O) groups excluding carboxylic acids is 3. The van der Waals surface area contributed by atoms with Gasteiger partial charge in [-0.2, -0.15) is 0 Å². The van der Waals surface area contributed by atoms with Gasteiger partial charge in [0.15, 0.2) is 24.3 Å². The zero-order valence-corrected chi connectivity index (χ0v) is 13.9. The van der Waals surface area contributed by atoms with Gasteiger partial charge in [-0.05, 0) is 17.7 Å². The van der Waals surface area contributed by atoms with E-state index in [0.717, 1.165) is 18.2 Å². The summed E-state index contributed by atoms with van der Waals surface area (Å²) in [5.41, 5.74) is 0.333. The summed E-state index contributed by atoms with van der Waals surface area (Å²) in [7, 11) is 0. The highest BCUT2D eigenvalue weighted by atomic mass is 19.2. The lowest BCUT2D eigenvalue weighted by atomic mass is 10.1. The Bertz CT molecular complexity index is 830. The van der Waals surface area contributed by atoms with E-state index in [4.69, 9.17) is 0 Å². The first-order chi connectivity index (χ1) is 12.9. The first-order valence-corrected chi connectivity index (χ1v) is 7.78. The third-order valence-electron chi connectivity index (χ3n) is 3.33. The van der Waals surface area contributed by atoms with Crippen molar-refractivity contribution in [2.75, 3.05) is 18.5 Å². The van der Waals surface area contributed by atoms with Crippen LogP contribution < -0.4 is 10.6 Å². The van der Waals surface area contributed by atoms with Crippen molar-refractivity contribution in [1.29, 1.82) is 0 Å². The number of esters is 1. The van der Waals surface area contributed by atoms with Crippen LogP contribution in [0.4, 0.5) is 14.5 Å². The number of nitrogens with one attached hydrogen (secondary N) is 2. The van der Waals surface area contributed by atoms with Gasteiger partial charge in [0.1, 0.15) is 0 Å². The van der Waals surface area contributed by atoms with Crippen LogP contribution in [0.2, 0.25) is 0 Å². The molecule has 0 saturated carbocycles. The first kappa shape index (κ1) is 20.0. The van der Waals surface area contributed by atoms with E-state index in [1.807, 2.05) is 0 Å². The number of amides is 2. The number of aliphatic hydroxyl groups excluding tert-OH is 1. The maximum Gasteiger partial charge on any atom is 0.340 e. The molecule has 0 aliphatic carbocycles. The van der Waals surface area contributed by atoms with Crippen molar-refractivity contribution >= 4 is 23.5 Å². The Kier molecular flexibility index (Phi) is 6.95. The fourth-order valence-electron chi connectivity index (χ4n) is 2.00. The number of anilines is 1. The number of halogens is 2. The van der Waals surface area contributed by atoms with Crippen molar-refractivity contribution in [1.82, 2.24) is 5.32 Å². The average Bonchev–Trinajstić information content (AvgIpc) is 2.67. The van der Waals surface area contributed by atoms with Crippen molar-refractivity contribution in [3.63, 3.8) is 0 Å². The van der Waals surface area contributed by atoms with Gasteiger partial charge < -0.3 is 20.5 Å². The SMILES string of the molecule is O=C(COC(=O)[C@H](O)c1ccccc1)NCC(=O)Nc1ccc(F)c(F)c1. The Labute approximate surface area is 153 Å².